The molecule has 0 atom stereocenters. The number of hydrogen-bond donors (Lipinski definition) is 0. The minimum Gasteiger partial charge on any atom is -0.337 e. The molecule has 0 unspecified atom stereocenters. The van der Waals surface area contributed by atoms with Crippen LogP contribution in [-0.4, -0.2) is 60.9 Å². The summed E-state index contributed by atoms with van der Waals surface area (Å²) >= 11 is 0. The van der Waals surface area contributed by atoms with Crippen LogP contribution in [0.5, 0.6) is 0 Å². The van der Waals surface area contributed by atoms with E-state index in [1.807, 2.05) is 64.4 Å². The summed E-state index contributed by atoms with van der Waals surface area (Å²) in [6, 6.07) is 17.9. The predicted molar refractivity (Wildman–Crippen MR) is 111 cm³/mol. The molecule has 2 amide bonds. The van der Waals surface area contributed by atoms with Crippen LogP contribution in [0.4, 0.5) is 5.69 Å². The van der Waals surface area contributed by atoms with Crippen LogP contribution in [0.25, 0.3) is 6.08 Å². The molecule has 0 aliphatic carbocycles. The van der Waals surface area contributed by atoms with Gasteiger partial charge in [-0.1, -0.05) is 48.5 Å². The van der Waals surface area contributed by atoms with E-state index in [4.69, 9.17) is 0 Å². The summed E-state index contributed by atoms with van der Waals surface area (Å²) in [5, 5.41) is 0. The number of piperazine rings is 1. The molecule has 5 nitrogen and oxygen atoms in total. The fraction of sp³-hybridized carbons (Fsp3) is 0.304. The molecule has 2 heterocycles. The van der Waals surface area contributed by atoms with Crippen LogP contribution in [0, 0.1) is 0 Å². The lowest BCUT2D eigenvalue weighted by Gasteiger charge is -2.34. The van der Waals surface area contributed by atoms with Gasteiger partial charge in [-0.15, -0.1) is 0 Å². The number of para-hydroxylation sites is 1. The van der Waals surface area contributed by atoms with Gasteiger partial charge in [0, 0.05) is 44.5 Å². The molecule has 2 aliphatic rings. The maximum absolute atomic E-state index is 12.7. The van der Waals surface area contributed by atoms with Crippen molar-refractivity contribution < 1.29 is 9.59 Å². The van der Waals surface area contributed by atoms with Gasteiger partial charge in [0.1, 0.15) is 0 Å². The minimum absolute atomic E-state index is 0.0308. The van der Waals surface area contributed by atoms with Crippen LogP contribution in [-0.2, 0) is 16.0 Å². The number of carbonyl (C=O) groups is 2. The average molecular weight is 375 g/mol. The van der Waals surface area contributed by atoms with Gasteiger partial charge in [-0.3, -0.25) is 14.5 Å². The van der Waals surface area contributed by atoms with Crippen LogP contribution < -0.4 is 4.90 Å². The van der Waals surface area contributed by atoms with Gasteiger partial charge >= 0.3 is 0 Å². The minimum atomic E-state index is 0.0308. The summed E-state index contributed by atoms with van der Waals surface area (Å²) in [6.45, 7) is 3.94. The summed E-state index contributed by atoms with van der Waals surface area (Å²) in [5.74, 6) is 0.178. The zero-order valence-electron chi connectivity index (χ0n) is 16.0. The van der Waals surface area contributed by atoms with Gasteiger partial charge in [-0.25, -0.2) is 0 Å². The highest BCUT2D eigenvalue weighted by Gasteiger charge is 2.27. The molecule has 5 heteroatoms. The Morgan fingerprint density at radius 1 is 0.857 bits per heavy atom. The SMILES string of the molecule is O=C(/C=C/c1ccccc1)N1CCN(CC(=O)N2CCc3ccccc32)CC1. The molecular weight excluding hydrogens is 350 g/mol. The van der Waals surface area contributed by atoms with Crippen LogP contribution in [0.2, 0.25) is 0 Å². The monoisotopic (exact) mass is 375 g/mol. The topological polar surface area (TPSA) is 43.9 Å². The van der Waals surface area contributed by atoms with Crippen molar-refractivity contribution in [3.05, 3.63) is 71.8 Å². The van der Waals surface area contributed by atoms with Crippen molar-refractivity contribution in [3.8, 4) is 0 Å². The average Bonchev–Trinajstić information content (AvgIpc) is 3.18. The molecule has 0 radical (unpaired) electrons. The molecule has 0 saturated carbocycles. The van der Waals surface area contributed by atoms with E-state index in [1.54, 1.807) is 6.08 Å². The quantitative estimate of drug-likeness (QED) is 0.771. The van der Waals surface area contributed by atoms with E-state index < -0.39 is 0 Å². The van der Waals surface area contributed by atoms with E-state index in [0.29, 0.717) is 19.6 Å². The number of hydrogen-bond acceptors (Lipinski definition) is 3. The standard InChI is InChI=1S/C23H25N3O2/c27-22(11-10-19-6-2-1-3-7-19)25-16-14-24(15-17-25)18-23(28)26-13-12-20-8-4-5-9-21(20)26/h1-11H,12-18H2/b11-10+. The first-order chi connectivity index (χ1) is 13.7. The molecule has 0 N–H and O–H groups in total. The number of benzene rings is 2. The molecule has 0 aromatic heterocycles. The van der Waals surface area contributed by atoms with Crippen molar-refractivity contribution in [2.75, 3.05) is 44.2 Å². The normalized spacial score (nSPS) is 17.1. The van der Waals surface area contributed by atoms with E-state index in [2.05, 4.69) is 11.0 Å². The van der Waals surface area contributed by atoms with Gasteiger partial charge in [0.2, 0.25) is 11.8 Å². The number of fused-ring (bicyclic) bond motifs is 1. The summed E-state index contributed by atoms with van der Waals surface area (Å²) in [6.07, 6.45) is 4.41. The fourth-order valence-corrected chi connectivity index (χ4v) is 3.84. The fourth-order valence-electron chi connectivity index (χ4n) is 3.84. The van der Waals surface area contributed by atoms with E-state index in [-0.39, 0.29) is 11.8 Å². The summed E-state index contributed by atoms with van der Waals surface area (Å²) in [5.41, 5.74) is 3.31. The van der Waals surface area contributed by atoms with Crippen LogP contribution in [0.15, 0.2) is 60.7 Å². The zero-order valence-corrected chi connectivity index (χ0v) is 16.0. The first kappa shape index (κ1) is 18.4. The number of nitrogens with zero attached hydrogens (tertiary/aromatic N) is 3. The second-order valence-corrected chi connectivity index (χ2v) is 7.27. The number of amides is 2. The second-order valence-electron chi connectivity index (χ2n) is 7.27. The third-order valence-corrected chi connectivity index (χ3v) is 5.45. The Labute approximate surface area is 165 Å². The molecule has 2 aromatic rings. The van der Waals surface area contributed by atoms with Gasteiger partial charge in [-0.05, 0) is 29.7 Å². The van der Waals surface area contributed by atoms with Crippen LogP contribution in [0.3, 0.4) is 0 Å². The zero-order chi connectivity index (χ0) is 19.3. The number of anilines is 1. The highest BCUT2D eigenvalue weighted by molar-refractivity contribution is 5.96. The van der Waals surface area contributed by atoms with E-state index in [1.165, 1.54) is 5.56 Å². The summed E-state index contributed by atoms with van der Waals surface area (Å²) in [7, 11) is 0. The Bertz CT molecular complexity index is 870. The van der Waals surface area contributed by atoms with E-state index in [0.717, 1.165) is 37.3 Å². The van der Waals surface area contributed by atoms with Crippen molar-refractivity contribution in [2.45, 2.75) is 6.42 Å². The second kappa shape index (κ2) is 8.40. The molecule has 2 aliphatic heterocycles. The molecule has 1 fully saturated rings. The van der Waals surface area contributed by atoms with Gasteiger partial charge in [-0.2, -0.15) is 0 Å². The molecular formula is C23H25N3O2. The Kier molecular flexibility index (Phi) is 5.53. The third-order valence-electron chi connectivity index (χ3n) is 5.45. The Morgan fingerprint density at radius 3 is 2.36 bits per heavy atom. The highest BCUT2D eigenvalue weighted by Crippen LogP contribution is 2.27. The van der Waals surface area contributed by atoms with Gasteiger partial charge in [0.25, 0.3) is 0 Å². The summed E-state index contributed by atoms with van der Waals surface area (Å²) in [4.78, 5) is 31.0. The highest BCUT2D eigenvalue weighted by atomic mass is 16.2. The largest absolute Gasteiger partial charge is 0.337 e. The van der Waals surface area contributed by atoms with Crippen LogP contribution in [0.1, 0.15) is 11.1 Å². The number of rotatable bonds is 4. The summed E-state index contributed by atoms with van der Waals surface area (Å²) < 4.78 is 0. The molecule has 0 spiro atoms. The van der Waals surface area contributed by atoms with Crippen molar-refractivity contribution in [2.24, 2.45) is 0 Å². The molecule has 28 heavy (non-hydrogen) atoms. The predicted octanol–water partition coefficient (Wildman–Crippen LogP) is 2.43. The lowest BCUT2D eigenvalue weighted by molar-refractivity contribution is -0.128. The Hall–Kier alpha value is -2.92. The molecule has 144 valence electrons. The first-order valence-electron chi connectivity index (χ1n) is 9.83. The van der Waals surface area contributed by atoms with Crippen molar-refractivity contribution in [1.82, 2.24) is 9.80 Å². The van der Waals surface area contributed by atoms with Crippen molar-refractivity contribution in [1.29, 1.82) is 0 Å². The smallest absolute Gasteiger partial charge is 0.246 e. The Morgan fingerprint density at radius 2 is 1.57 bits per heavy atom. The third kappa shape index (κ3) is 4.15. The van der Waals surface area contributed by atoms with Crippen LogP contribution >= 0.6 is 0 Å². The van der Waals surface area contributed by atoms with Crippen molar-refractivity contribution in [3.63, 3.8) is 0 Å². The lowest BCUT2D eigenvalue weighted by atomic mass is 10.2. The van der Waals surface area contributed by atoms with Gasteiger partial charge in [0.15, 0.2) is 0 Å². The Balaban J connectivity index is 1.27. The lowest BCUT2D eigenvalue weighted by Crippen LogP contribution is -2.51. The van der Waals surface area contributed by atoms with Gasteiger partial charge < -0.3 is 9.80 Å². The molecule has 0 bridgehead atoms. The van der Waals surface area contributed by atoms with Crippen molar-refractivity contribution >= 4 is 23.6 Å². The maximum Gasteiger partial charge on any atom is 0.246 e. The van der Waals surface area contributed by atoms with Gasteiger partial charge in [0.05, 0.1) is 6.54 Å². The van der Waals surface area contributed by atoms with E-state index in [9.17, 15) is 9.59 Å². The molecule has 1 saturated heterocycles. The van der Waals surface area contributed by atoms with E-state index >= 15 is 0 Å². The first-order valence-corrected chi connectivity index (χ1v) is 9.83. The molecule has 4 rings (SSSR count). The maximum atomic E-state index is 12.7. The number of carbonyl (C=O) groups excluding carboxylic acids is 2. The molecule has 2 aromatic carbocycles.